The lowest BCUT2D eigenvalue weighted by atomic mass is 9.99. The second-order valence-electron chi connectivity index (χ2n) is 4.55. The van der Waals surface area contributed by atoms with Crippen LogP contribution >= 0.6 is 11.6 Å². The third-order valence-electron chi connectivity index (χ3n) is 3.13. The molecule has 2 aromatic carbocycles. The Morgan fingerprint density at radius 1 is 1.25 bits per heavy atom. The molecule has 0 radical (unpaired) electrons. The van der Waals surface area contributed by atoms with E-state index < -0.39 is 0 Å². The molecule has 0 bridgehead atoms. The van der Waals surface area contributed by atoms with Gasteiger partial charge in [0.25, 0.3) is 0 Å². The molecular weight excluding hydrogens is 272 g/mol. The number of methoxy groups -OCH3 is 1. The maximum atomic E-state index is 9.01. The van der Waals surface area contributed by atoms with Crippen molar-refractivity contribution in [2.75, 3.05) is 7.11 Å². The van der Waals surface area contributed by atoms with E-state index in [1.54, 1.807) is 25.3 Å². The van der Waals surface area contributed by atoms with Crippen LogP contribution in [0.1, 0.15) is 24.1 Å². The van der Waals surface area contributed by atoms with Gasteiger partial charge >= 0.3 is 0 Å². The molecule has 0 spiro atoms. The first kappa shape index (κ1) is 14.4. The van der Waals surface area contributed by atoms with Crippen LogP contribution in [-0.2, 0) is 0 Å². The molecule has 0 fully saturated rings. The second-order valence-corrected chi connectivity index (χ2v) is 4.96. The quantitative estimate of drug-likeness (QED) is 0.930. The number of ether oxygens (including phenoxy) is 1. The van der Waals surface area contributed by atoms with E-state index in [-0.39, 0.29) is 6.04 Å². The summed E-state index contributed by atoms with van der Waals surface area (Å²) in [7, 11) is 1.60. The van der Waals surface area contributed by atoms with Crippen molar-refractivity contribution >= 4 is 11.6 Å². The van der Waals surface area contributed by atoms with Crippen molar-refractivity contribution in [3.63, 3.8) is 0 Å². The van der Waals surface area contributed by atoms with E-state index in [0.717, 1.165) is 16.7 Å². The van der Waals surface area contributed by atoms with Crippen molar-refractivity contribution in [3.8, 4) is 22.9 Å². The second kappa shape index (κ2) is 5.96. The van der Waals surface area contributed by atoms with Gasteiger partial charge < -0.3 is 10.5 Å². The Bertz CT molecular complexity index is 675. The zero-order chi connectivity index (χ0) is 14.7. The topological polar surface area (TPSA) is 59.0 Å². The summed E-state index contributed by atoms with van der Waals surface area (Å²) >= 11 is 6.26. The lowest BCUT2D eigenvalue weighted by Crippen LogP contribution is -2.05. The molecule has 1 atom stereocenters. The molecule has 2 rings (SSSR count). The summed E-state index contributed by atoms with van der Waals surface area (Å²) in [6, 6.07) is 13.0. The molecule has 102 valence electrons. The van der Waals surface area contributed by atoms with Gasteiger partial charge in [0.1, 0.15) is 5.75 Å². The maximum Gasteiger partial charge on any atom is 0.126 e. The average Bonchev–Trinajstić information content (AvgIpc) is 2.46. The highest BCUT2D eigenvalue weighted by molar-refractivity contribution is 6.31. The molecule has 2 N–H and O–H groups in total. The van der Waals surface area contributed by atoms with Gasteiger partial charge in [-0.2, -0.15) is 5.26 Å². The minimum absolute atomic E-state index is 0.121. The van der Waals surface area contributed by atoms with Gasteiger partial charge in [0.05, 0.1) is 18.7 Å². The number of rotatable bonds is 3. The van der Waals surface area contributed by atoms with E-state index in [2.05, 4.69) is 6.07 Å². The molecule has 20 heavy (non-hydrogen) atoms. The van der Waals surface area contributed by atoms with E-state index >= 15 is 0 Å². The lowest BCUT2D eigenvalue weighted by Gasteiger charge is -2.13. The first-order valence-corrected chi connectivity index (χ1v) is 6.58. The van der Waals surface area contributed by atoms with Gasteiger partial charge in [-0.1, -0.05) is 23.7 Å². The van der Waals surface area contributed by atoms with Crippen LogP contribution < -0.4 is 10.5 Å². The molecule has 3 nitrogen and oxygen atoms in total. The predicted octanol–water partition coefficient (Wildman–Crippen LogP) is 3.91. The molecule has 4 heteroatoms. The smallest absolute Gasteiger partial charge is 0.126 e. The zero-order valence-corrected chi connectivity index (χ0v) is 12.1. The molecular formula is C16H15ClN2O. The Morgan fingerprint density at radius 3 is 2.55 bits per heavy atom. The monoisotopic (exact) mass is 286 g/mol. The maximum absolute atomic E-state index is 9.01. The van der Waals surface area contributed by atoms with Crippen LogP contribution in [0.15, 0.2) is 36.4 Å². The summed E-state index contributed by atoms with van der Waals surface area (Å²) in [4.78, 5) is 0. The van der Waals surface area contributed by atoms with Crippen molar-refractivity contribution in [1.82, 2.24) is 0 Å². The summed E-state index contributed by atoms with van der Waals surface area (Å²) in [5.74, 6) is 0.702. The molecule has 0 saturated heterocycles. The van der Waals surface area contributed by atoms with Gasteiger partial charge in [0, 0.05) is 16.6 Å². The summed E-state index contributed by atoms with van der Waals surface area (Å²) in [5, 5.41) is 9.62. The molecule has 0 saturated carbocycles. The van der Waals surface area contributed by atoms with E-state index in [1.807, 2.05) is 25.1 Å². The fourth-order valence-corrected chi connectivity index (χ4v) is 2.42. The number of nitriles is 1. The van der Waals surface area contributed by atoms with Crippen LogP contribution in [0.4, 0.5) is 0 Å². The first-order valence-electron chi connectivity index (χ1n) is 6.20. The van der Waals surface area contributed by atoms with E-state index in [0.29, 0.717) is 16.3 Å². The van der Waals surface area contributed by atoms with Gasteiger partial charge in [-0.3, -0.25) is 0 Å². The number of benzene rings is 2. The van der Waals surface area contributed by atoms with Gasteiger partial charge in [-0.05, 0) is 42.3 Å². The van der Waals surface area contributed by atoms with Gasteiger partial charge in [0.2, 0.25) is 0 Å². The Hall–Kier alpha value is -2.02. The van der Waals surface area contributed by atoms with Crippen molar-refractivity contribution < 1.29 is 4.74 Å². The summed E-state index contributed by atoms with van der Waals surface area (Å²) < 4.78 is 5.34. The zero-order valence-electron chi connectivity index (χ0n) is 11.4. The molecule has 0 aliphatic heterocycles. The minimum Gasteiger partial charge on any atom is -0.496 e. The number of hydrogen-bond donors (Lipinski definition) is 1. The molecule has 0 aliphatic rings. The van der Waals surface area contributed by atoms with Crippen molar-refractivity contribution in [3.05, 3.63) is 52.5 Å². The molecule has 0 aliphatic carbocycles. The molecule has 0 amide bonds. The third kappa shape index (κ3) is 2.77. The van der Waals surface area contributed by atoms with Crippen LogP contribution in [-0.4, -0.2) is 7.11 Å². The van der Waals surface area contributed by atoms with E-state index in [1.165, 1.54) is 0 Å². The lowest BCUT2D eigenvalue weighted by molar-refractivity contribution is 0.416. The van der Waals surface area contributed by atoms with Crippen LogP contribution in [0.2, 0.25) is 5.02 Å². The number of nitrogens with two attached hydrogens (primary N) is 1. The Balaban J connectivity index is 2.56. The largest absolute Gasteiger partial charge is 0.496 e. The molecule has 1 unspecified atom stereocenters. The van der Waals surface area contributed by atoms with Gasteiger partial charge in [-0.25, -0.2) is 0 Å². The fourth-order valence-electron chi connectivity index (χ4n) is 2.07. The Labute approximate surface area is 123 Å². The van der Waals surface area contributed by atoms with Crippen LogP contribution in [0.3, 0.4) is 0 Å². The van der Waals surface area contributed by atoms with Crippen LogP contribution in [0.25, 0.3) is 11.1 Å². The summed E-state index contributed by atoms with van der Waals surface area (Å²) in [6.45, 7) is 1.89. The SMILES string of the molecule is COc1ccc(C#N)cc1-c1ccc(C(C)N)c(Cl)c1. The number of hydrogen-bond acceptors (Lipinski definition) is 3. The van der Waals surface area contributed by atoms with E-state index in [9.17, 15) is 0 Å². The minimum atomic E-state index is -0.121. The summed E-state index contributed by atoms with van der Waals surface area (Å²) in [6.07, 6.45) is 0. The first-order chi connectivity index (χ1) is 9.56. The average molecular weight is 287 g/mol. The van der Waals surface area contributed by atoms with Crippen molar-refractivity contribution in [2.45, 2.75) is 13.0 Å². The normalized spacial score (nSPS) is 11.8. The predicted molar refractivity (Wildman–Crippen MR) is 80.8 cm³/mol. The number of halogens is 1. The fraction of sp³-hybridized carbons (Fsp3) is 0.188. The van der Waals surface area contributed by atoms with Crippen LogP contribution in [0.5, 0.6) is 5.75 Å². The molecule has 2 aromatic rings. The molecule has 0 aromatic heterocycles. The summed E-state index contributed by atoms with van der Waals surface area (Å²) in [5.41, 5.74) is 9.06. The Morgan fingerprint density at radius 2 is 2.00 bits per heavy atom. The van der Waals surface area contributed by atoms with Crippen LogP contribution in [0, 0.1) is 11.3 Å². The van der Waals surface area contributed by atoms with Crippen molar-refractivity contribution in [2.24, 2.45) is 5.73 Å². The standard InChI is InChI=1S/C16H15ClN2O/c1-10(19)13-5-4-12(8-15(13)17)14-7-11(9-18)3-6-16(14)20-2/h3-8,10H,19H2,1-2H3. The number of nitrogens with zero attached hydrogens (tertiary/aromatic N) is 1. The van der Waals surface area contributed by atoms with Gasteiger partial charge in [-0.15, -0.1) is 0 Å². The van der Waals surface area contributed by atoms with Crippen molar-refractivity contribution in [1.29, 1.82) is 5.26 Å². The highest BCUT2D eigenvalue weighted by atomic mass is 35.5. The highest BCUT2D eigenvalue weighted by Gasteiger charge is 2.11. The Kier molecular flexibility index (Phi) is 4.29. The molecule has 0 heterocycles. The highest BCUT2D eigenvalue weighted by Crippen LogP contribution is 2.34. The van der Waals surface area contributed by atoms with E-state index in [4.69, 9.17) is 27.3 Å². The van der Waals surface area contributed by atoms with Gasteiger partial charge in [0.15, 0.2) is 0 Å². The third-order valence-corrected chi connectivity index (χ3v) is 3.46.